The van der Waals surface area contributed by atoms with Crippen molar-refractivity contribution in [3.63, 3.8) is 0 Å². The van der Waals surface area contributed by atoms with Crippen LogP contribution in [0.15, 0.2) is 72.1 Å². The summed E-state index contributed by atoms with van der Waals surface area (Å²) in [5, 5.41) is 3.74. The molecule has 140 valence electrons. The number of carbonyl (C=O) groups excluding carboxylic acids is 2. The minimum atomic E-state index is -0.820. The predicted molar refractivity (Wildman–Crippen MR) is 108 cm³/mol. The van der Waals surface area contributed by atoms with E-state index in [0.29, 0.717) is 5.69 Å². The molecule has 1 aromatic heterocycles. The van der Waals surface area contributed by atoms with Crippen LogP contribution in [0, 0.1) is 12.8 Å². The summed E-state index contributed by atoms with van der Waals surface area (Å²) in [6, 6.07) is 20.5. The molecule has 6 heteroatoms. The van der Waals surface area contributed by atoms with Crippen molar-refractivity contribution in [3.05, 3.63) is 82.6 Å². The Balaban J connectivity index is 1.59. The van der Waals surface area contributed by atoms with Gasteiger partial charge in [0.15, 0.2) is 6.10 Å². The van der Waals surface area contributed by atoms with Crippen LogP contribution in [0.2, 0.25) is 0 Å². The zero-order valence-corrected chi connectivity index (χ0v) is 16.0. The Kier molecular flexibility index (Phi) is 4.03. The van der Waals surface area contributed by atoms with Gasteiger partial charge in [-0.25, -0.2) is 9.96 Å². The molecule has 3 atom stereocenters. The highest BCUT2D eigenvalue weighted by Crippen LogP contribution is 2.49. The molecule has 2 fully saturated rings. The van der Waals surface area contributed by atoms with Gasteiger partial charge >= 0.3 is 0 Å². The highest BCUT2D eigenvalue weighted by atomic mass is 32.1. The molecule has 28 heavy (non-hydrogen) atoms. The lowest BCUT2D eigenvalue weighted by molar-refractivity contribution is -0.126. The third-order valence-electron chi connectivity index (χ3n) is 5.32. The molecule has 0 N–H and O–H groups in total. The van der Waals surface area contributed by atoms with E-state index < -0.39 is 12.0 Å². The van der Waals surface area contributed by atoms with E-state index in [9.17, 15) is 9.59 Å². The number of hydrogen-bond donors (Lipinski definition) is 0. The molecule has 2 aliphatic heterocycles. The van der Waals surface area contributed by atoms with Crippen LogP contribution in [0.1, 0.15) is 16.5 Å². The molecule has 0 spiro atoms. The normalized spacial score (nSPS) is 24.1. The van der Waals surface area contributed by atoms with Crippen LogP contribution < -0.4 is 9.96 Å². The fourth-order valence-electron chi connectivity index (χ4n) is 4.01. The van der Waals surface area contributed by atoms with Crippen LogP contribution in [0.3, 0.4) is 0 Å². The molecule has 0 aliphatic carbocycles. The average molecular weight is 390 g/mol. The average Bonchev–Trinajstić information content (AvgIpc) is 3.41. The standard InChI is InChI=1S/C22H18N2O3S/c1-14-8-5-6-11-16(14)24-19(17-12-7-13-28-17)18-20(27-24)22(26)23(21(18)25)15-9-3-2-4-10-15/h2-13,18-20H,1H3/t18-,19+,20-/m1/s1. The van der Waals surface area contributed by atoms with Crippen molar-refractivity contribution < 1.29 is 14.4 Å². The fourth-order valence-corrected chi connectivity index (χ4v) is 4.87. The van der Waals surface area contributed by atoms with Crippen molar-refractivity contribution in [1.29, 1.82) is 0 Å². The Bertz CT molecular complexity index is 1030. The third kappa shape index (κ3) is 2.49. The van der Waals surface area contributed by atoms with E-state index in [2.05, 4.69) is 0 Å². The van der Waals surface area contributed by atoms with Crippen LogP contribution in [0.25, 0.3) is 0 Å². The fraction of sp³-hybridized carbons (Fsp3) is 0.182. The summed E-state index contributed by atoms with van der Waals surface area (Å²) in [4.78, 5) is 34.9. The van der Waals surface area contributed by atoms with Crippen molar-refractivity contribution in [2.24, 2.45) is 5.92 Å². The van der Waals surface area contributed by atoms with Crippen LogP contribution in [0.4, 0.5) is 11.4 Å². The number of imide groups is 1. The van der Waals surface area contributed by atoms with Crippen molar-refractivity contribution in [2.75, 3.05) is 9.96 Å². The van der Waals surface area contributed by atoms with Gasteiger partial charge < -0.3 is 0 Å². The first kappa shape index (κ1) is 17.2. The number of thiophene rings is 1. The van der Waals surface area contributed by atoms with Gasteiger partial charge in [0.2, 0.25) is 5.91 Å². The predicted octanol–water partition coefficient (Wildman–Crippen LogP) is 4.11. The van der Waals surface area contributed by atoms with Gasteiger partial charge in [-0.15, -0.1) is 11.3 Å². The monoisotopic (exact) mass is 390 g/mol. The van der Waals surface area contributed by atoms with E-state index in [1.807, 2.05) is 66.9 Å². The highest BCUT2D eigenvalue weighted by molar-refractivity contribution is 7.10. The van der Waals surface area contributed by atoms with Gasteiger partial charge in [-0.3, -0.25) is 14.4 Å². The van der Waals surface area contributed by atoms with Gasteiger partial charge in [0.1, 0.15) is 12.0 Å². The zero-order valence-electron chi connectivity index (χ0n) is 15.2. The Morgan fingerprint density at radius 1 is 0.893 bits per heavy atom. The third-order valence-corrected chi connectivity index (χ3v) is 6.26. The number of benzene rings is 2. The van der Waals surface area contributed by atoms with Crippen molar-refractivity contribution in [2.45, 2.75) is 19.1 Å². The summed E-state index contributed by atoms with van der Waals surface area (Å²) in [5.41, 5.74) is 2.49. The molecule has 2 aromatic carbocycles. The van der Waals surface area contributed by atoms with Crippen LogP contribution in [-0.2, 0) is 14.4 Å². The summed E-state index contributed by atoms with van der Waals surface area (Å²) in [6.07, 6.45) is -0.820. The first-order valence-corrected chi connectivity index (χ1v) is 10.0. The SMILES string of the molecule is Cc1ccccc1N1O[C@H]2C(=O)N(c3ccccc3)C(=O)[C@@H]2[C@@H]1c1cccs1. The van der Waals surface area contributed by atoms with Gasteiger partial charge in [0.25, 0.3) is 5.91 Å². The van der Waals surface area contributed by atoms with Gasteiger partial charge in [0.05, 0.1) is 11.4 Å². The van der Waals surface area contributed by atoms with E-state index in [1.165, 1.54) is 4.90 Å². The summed E-state index contributed by atoms with van der Waals surface area (Å²) < 4.78 is 0. The summed E-state index contributed by atoms with van der Waals surface area (Å²) >= 11 is 1.57. The molecule has 0 saturated carbocycles. The second kappa shape index (κ2) is 6.58. The molecule has 5 nitrogen and oxygen atoms in total. The minimum absolute atomic E-state index is 0.212. The maximum atomic E-state index is 13.4. The number of aryl methyl sites for hydroxylation is 1. The van der Waals surface area contributed by atoms with E-state index >= 15 is 0 Å². The Hall–Kier alpha value is -2.96. The number of fused-ring (bicyclic) bond motifs is 1. The molecule has 2 aliphatic rings. The Morgan fingerprint density at radius 3 is 2.36 bits per heavy atom. The first-order chi connectivity index (χ1) is 13.7. The van der Waals surface area contributed by atoms with Gasteiger partial charge in [0, 0.05) is 4.88 Å². The van der Waals surface area contributed by atoms with Crippen molar-refractivity contribution >= 4 is 34.5 Å². The number of nitrogens with zero attached hydrogens (tertiary/aromatic N) is 2. The Labute approximate surface area is 166 Å². The lowest BCUT2D eigenvalue weighted by Gasteiger charge is -2.28. The summed E-state index contributed by atoms with van der Waals surface area (Å²) in [5.74, 6) is -1.10. The molecule has 5 rings (SSSR count). The van der Waals surface area contributed by atoms with E-state index in [-0.39, 0.29) is 17.9 Å². The number of hydroxylamine groups is 1. The maximum Gasteiger partial charge on any atom is 0.266 e. The second-order valence-electron chi connectivity index (χ2n) is 6.97. The first-order valence-electron chi connectivity index (χ1n) is 9.15. The van der Waals surface area contributed by atoms with Gasteiger partial charge in [-0.05, 0) is 42.1 Å². The number of rotatable bonds is 3. The molecule has 2 amide bonds. The summed E-state index contributed by atoms with van der Waals surface area (Å²) in [7, 11) is 0. The quantitative estimate of drug-likeness (QED) is 0.632. The maximum absolute atomic E-state index is 13.4. The highest BCUT2D eigenvalue weighted by Gasteiger charge is 2.60. The van der Waals surface area contributed by atoms with Gasteiger partial charge in [-0.2, -0.15) is 0 Å². The van der Waals surface area contributed by atoms with Crippen LogP contribution >= 0.6 is 11.3 Å². The molecular formula is C22H18N2O3S. The minimum Gasteiger partial charge on any atom is -0.273 e. The Morgan fingerprint density at radius 2 is 1.64 bits per heavy atom. The number of anilines is 2. The van der Waals surface area contributed by atoms with E-state index in [0.717, 1.165) is 16.1 Å². The molecule has 3 heterocycles. The molecule has 0 radical (unpaired) electrons. The topological polar surface area (TPSA) is 49.9 Å². The molecule has 0 unspecified atom stereocenters. The zero-order chi connectivity index (χ0) is 19.3. The number of carbonyl (C=O) groups is 2. The number of hydrogen-bond acceptors (Lipinski definition) is 5. The van der Waals surface area contributed by atoms with Crippen molar-refractivity contribution in [1.82, 2.24) is 0 Å². The summed E-state index contributed by atoms with van der Waals surface area (Å²) in [6.45, 7) is 2.00. The van der Waals surface area contributed by atoms with Crippen LogP contribution in [0.5, 0.6) is 0 Å². The molecule has 0 bridgehead atoms. The molecular weight excluding hydrogens is 372 g/mol. The molecule has 3 aromatic rings. The largest absolute Gasteiger partial charge is 0.273 e. The number of para-hydroxylation sites is 2. The molecule has 2 saturated heterocycles. The number of amides is 2. The van der Waals surface area contributed by atoms with E-state index in [4.69, 9.17) is 4.84 Å². The van der Waals surface area contributed by atoms with Crippen molar-refractivity contribution in [3.8, 4) is 0 Å². The lowest BCUT2D eigenvalue weighted by atomic mass is 9.95. The smallest absolute Gasteiger partial charge is 0.266 e. The second-order valence-corrected chi connectivity index (χ2v) is 7.95. The van der Waals surface area contributed by atoms with Gasteiger partial charge in [-0.1, -0.05) is 42.5 Å². The lowest BCUT2D eigenvalue weighted by Crippen LogP contribution is -2.37. The van der Waals surface area contributed by atoms with Crippen LogP contribution in [-0.4, -0.2) is 17.9 Å². The van der Waals surface area contributed by atoms with E-state index in [1.54, 1.807) is 28.5 Å².